The van der Waals surface area contributed by atoms with Gasteiger partial charge in [-0.2, -0.15) is 0 Å². The van der Waals surface area contributed by atoms with Gasteiger partial charge in [0.25, 0.3) is 12.3 Å². The van der Waals surface area contributed by atoms with Crippen molar-refractivity contribution in [3.63, 3.8) is 0 Å². The van der Waals surface area contributed by atoms with Crippen molar-refractivity contribution in [2.75, 3.05) is 6.61 Å². The Morgan fingerprint density at radius 1 is 1.22 bits per heavy atom. The van der Waals surface area contributed by atoms with Crippen molar-refractivity contribution in [3.05, 3.63) is 41.3 Å². The van der Waals surface area contributed by atoms with Crippen LogP contribution in [0, 0.1) is 18.8 Å². The Hall–Kier alpha value is -3.56. The van der Waals surface area contributed by atoms with Crippen LogP contribution in [0.25, 0.3) is 22.3 Å². The van der Waals surface area contributed by atoms with E-state index in [-0.39, 0.29) is 23.3 Å². The Kier molecular flexibility index (Phi) is 6.59. The average molecular weight is 512 g/mol. The van der Waals surface area contributed by atoms with E-state index in [1.54, 1.807) is 13.0 Å². The van der Waals surface area contributed by atoms with Crippen LogP contribution in [0.4, 0.5) is 8.78 Å². The van der Waals surface area contributed by atoms with Crippen LogP contribution in [0.1, 0.15) is 74.0 Å². The highest BCUT2D eigenvalue weighted by Crippen LogP contribution is 2.39. The number of ether oxygens (including phenoxy) is 1. The maximum atomic E-state index is 13.6. The standard InChI is InChI=1S/C27H31F2N5O3/c1-14-5-4-10-27(14,33-16(3)35)34-26(36)21-15(2)32-24-22(30-13-31-23(21)24)19-11-18(25(28)29)8-9-20(19)37-12-17-6-7-17/h8-9,11,13-14,17,25,32H,4-7,10,12H2,1-3H3,(H,33,35)(H,34,36). The van der Waals surface area contributed by atoms with Crippen molar-refractivity contribution in [2.45, 2.75) is 65.0 Å². The van der Waals surface area contributed by atoms with Crippen molar-refractivity contribution in [1.82, 2.24) is 25.6 Å². The average Bonchev–Trinajstić information content (AvgIpc) is 3.52. The quantitative estimate of drug-likeness (QED) is 0.367. The van der Waals surface area contributed by atoms with Crippen LogP contribution in [0.2, 0.25) is 0 Å². The second-order valence-electron chi connectivity index (χ2n) is 10.3. The highest BCUT2D eigenvalue weighted by molar-refractivity contribution is 6.09. The zero-order valence-electron chi connectivity index (χ0n) is 21.2. The number of nitrogens with zero attached hydrogens (tertiary/aromatic N) is 2. The maximum absolute atomic E-state index is 13.6. The molecule has 37 heavy (non-hydrogen) atoms. The van der Waals surface area contributed by atoms with Crippen LogP contribution >= 0.6 is 0 Å². The molecular weight excluding hydrogens is 480 g/mol. The molecule has 1 aromatic carbocycles. The lowest BCUT2D eigenvalue weighted by Gasteiger charge is -2.35. The van der Waals surface area contributed by atoms with Crippen molar-refractivity contribution < 1.29 is 23.1 Å². The van der Waals surface area contributed by atoms with E-state index in [2.05, 4.69) is 25.6 Å². The molecule has 10 heteroatoms. The first kappa shape index (κ1) is 25.1. The summed E-state index contributed by atoms with van der Waals surface area (Å²) in [5.41, 5.74) is 1.53. The lowest BCUT2D eigenvalue weighted by Crippen LogP contribution is -2.61. The van der Waals surface area contributed by atoms with Crippen LogP contribution in [0.5, 0.6) is 5.75 Å². The van der Waals surface area contributed by atoms with Gasteiger partial charge in [0.1, 0.15) is 29.0 Å². The van der Waals surface area contributed by atoms with Crippen molar-refractivity contribution in [3.8, 4) is 17.0 Å². The molecule has 3 N–H and O–H groups in total. The fraction of sp³-hybridized carbons (Fsp3) is 0.481. The zero-order valence-corrected chi connectivity index (χ0v) is 21.2. The van der Waals surface area contributed by atoms with Gasteiger partial charge in [-0.3, -0.25) is 9.59 Å². The number of hydrogen-bond acceptors (Lipinski definition) is 5. The maximum Gasteiger partial charge on any atom is 0.263 e. The first-order valence-electron chi connectivity index (χ1n) is 12.7. The molecule has 0 bridgehead atoms. The number of nitrogens with one attached hydrogen (secondary N) is 3. The number of fused-ring (bicyclic) bond motifs is 1. The Bertz CT molecular complexity index is 1350. The molecule has 0 spiro atoms. The molecule has 2 atom stereocenters. The summed E-state index contributed by atoms with van der Waals surface area (Å²) < 4.78 is 33.2. The van der Waals surface area contributed by atoms with Crippen LogP contribution in [0.15, 0.2) is 24.5 Å². The molecular formula is C27H31F2N5O3. The van der Waals surface area contributed by atoms with E-state index >= 15 is 0 Å². The van der Waals surface area contributed by atoms with E-state index in [1.807, 2.05) is 6.92 Å². The molecule has 2 aromatic heterocycles. The highest BCUT2D eigenvalue weighted by Gasteiger charge is 2.43. The first-order valence-corrected chi connectivity index (χ1v) is 12.7. The van der Waals surface area contributed by atoms with Gasteiger partial charge in [-0.25, -0.2) is 18.7 Å². The summed E-state index contributed by atoms with van der Waals surface area (Å²) in [5, 5.41) is 6.02. The molecule has 2 aliphatic carbocycles. The summed E-state index contributed by atoms with van der Waals surface area (Å²) in [4.78, 5) is 37.5. The number of carbonyl (C=O) groups is 2. The third kappa shape index (κ3) is 4.89. The number of amides is 2. The molecule has 196 valence electrons. The Labute approximate surface area is 213 Å². The van der Waals surface area contributed by atoms with Gasteiger partial charge in [0.15, 0.2) is 0 Å². The molecule has 2 saturated carbocycles. The summed E-state index contributed by atoms with van der Waals surface area (Å²) in [5.74, 6) is 0.401. The monoisotopic (exact) mass is 511 g/mol. The summed E-state index contributed by atoms with van der Waals surface area (Å²) in [7, 11) is 0. The molecule has 3 aromatic rings. The first-order chi connectivity index (χ1) is 17.7. The van der Waals surface area contributed by atoms with E-state index < -0.39 is 12.1 Å². The van der Waals surface area contributed by atoms with Crippen LogP contribution in [-0.4, -0.2) is 39.0 Å². The van der Waals surface area contributed by atoms with Crippen molar-refractivity contribution >= 4 is 22.8 Å². The molecule has 0 radical (unpaired) electrons. The van der Waals surface area contributed by atoms with Gasteiger partial charge >= 0.3 is 0 Å². The lowest BCUT2D eigenvalue weighted by atomic mass is 9.97. The summed E-state index contributed by atoms with van der Waals surface area (Å²) in [6.07, 6.45) is 3.24. The molecule has 5 rings (SSSR count). The molecule has 2 fully saturated rings. The van der Waals surface area contributed by atoms with Crippen LogP contribution in [-0.2, 0) is 4.79 Å². The van der Waals surface area contributed by atoms with E-state index in [0.29, 0.717) is 58.2 Å². The largest absolute Gasteiger partial charge is 0.493 e. The fourth-order valence-corrected chi connectivity index (χ4v) is 5.25. The van der Waals surface area contributed by atoms with E-state index in [4.69, 9.17) is 4.74 Å². The second-order valence-corrected chi connectivity index (χ2v) is 10.3. The van der Waals surface area contributed by atoms with Gasteiger partial charge in [-0.05, 0) is 69.1 Å². The predicted molar refractivity (Wildman–Crippen MR) is 134 cm³/mol. The minimum atomic E-state index is -2.65. The molecule has 0 aliphatic heterocycles. The number of alkyl halides is 2. The lowest BCUT2D eigenvalue weighted by molar-refractivity contribution is -0.121. The topological polar surface area (TPSA) is 109 Å². The Morgan fingerprint density at radius 3 is 2.65 bits per heavy atom. The number of H-pyrrole nitrogens is 1. The number of aromatic amines is 1. The predicted octanol–water partition coefficient (Wildman–Crippen LogP) is 5.04. The molecule has 2 heterocycles. The van der Waals surface area contributed by atoms with Crippen molar-refractivity contribution in [1.29, 1.82) is 0 Å². The van der Waals surface area contributed by atoms with Crippen LogP contribution in [0.3, 0.4) is 0 Å². The number of halogens is 2. The third-order valence-corrected chi connectivity index (χ3v) is 7.47. The van der Waals surface area contributed by atoms with Gasteiger partial charge in [-0.1, -0.05) is 6.92 Å². The number of aryl methyl sites for hydroxylation is 1. The van der Waals surface area contributed by atoms with Gasteiger partial charge < -0.3 is 20.4 Å². The third-order valence-electron chi connectivity index (χ3n) is 7.47. The second kappa shape index (κ2) is 9.72. The summed E-state index contributed by atoms with van der Waals surface area (Å²) in [6, 6.07) is 4.30. The van der Waals surface area contributed by atoms with Crippen molar-refractivity contribution in [2.24, 2.45) is 11.8 Å². The smallest absolute Gasteiger partial charge is 0.263 e. The number of carbonyl (C=O) groups excluding carboxylic acids is 2. The van der Waals surface area contributed by atoms with Gasteiger partial charge in [0.2, 0.25) is 5.91 Å². The number of hydrogen-bond donors (Lipinski definition) is 3. The Morgan fingerprint density at radius 2 is 2.00 bits per heavy atom. The fourth-order valence-electron chi connectivity index (χ4n) is 5.25. The molecule has 2 amide bonds. The highest BCUT2D eigenvalue weighted by atomic mass is 19.3. The van der Waals surface area contributed by atoms with Gasteiger partial charge in [-0.15, -0.1) is 0 Å². The Balaban J connectivity index is 1.56. The summed E-state index contributed by atoms with van der Waals surface area (Å²) >= 11 is 0. The van der Waals surface area contributed by atoms with E-state index in [0.717, 1.165) is 25.7 Å². The molecule has 2 aliphatic rings. The summed E-state index contributed by atoms with van der Waals surface area (Å²) in [6.45, 7) is 5.70. The van der Waals surface area contributed by atoms with Gasteiger partial charge in [0, 0.05) is 23.7 Å². The molecule has 8 nitrogen and oxygen atoms in total. The molecule has 0 saturated heterocycles. The minimum Gasteiger partial charge on any atom is -0.493 e. The molecule has 2 unspecified atom stereocenters. The van der Waals surface area contributed by atoms with E-state index in [1.165, 1.54) is 25.4 Å². The van der Waals surface area contributed by atoms with Crippen LogP contribution < -0.4 is 15.4 Å². The van der Waals surface area contributed by atoms with Gasteiger partial charge in [0.05, 0.1) is 17.7 Å². The van der Waals surface area contributed by atoms with E-state index in [9.17, 15) is 18.4 Å². The number of rotatable bonds is 8. The number of benzene rings is 1. The SMILES string of the molecule is CC(=O)NC1(NC(=O)c2c(C)[nH]c3c(-c4cc(C(F)F)ccc4OCC4CC4)ncnc23)CCCC1C. The number of aromatic nitrogens is 3. The minimum absolute atomic E-state index is 0.0549. The zero-order chi connectivity index (χ0) is 26.3. The normalized spacial score (nSPS) is 21.4.